The molecule has 0 fully saturated rings. The molecule has 1 aliphatic rings. The lowest BCUT2D eigenvalue weighted by Crippen LogP contribution is -2.31. The van der Waals surface area contributed by atoms with E-state index in [9.17, 15) is 9.59 Å². The number of para-hydroxylation sites is 1. The number of carbonyl (C=O) groups excluding carboxylic acids is 1. The van der Waals surface area contributed by atoms with E-state index >= 15 is 0 Å². The molecule has 7 heteroatoms. The van der Waals surface area contributed by atoms with Crippen LogP contribution in [0.1, 0.15) is 42.9 Å². The third-order valence-electron chi connectivity index (χ3n) is 4.80. The Labute approximate surface area is 179 Å². The Hall–Kier alpha value is -3.06. The number of aromatic nitrogens is 2. The molecule has 154 valence electrons. The number of fused-ring (bicyclic) bond motifs is 1. The Morgan fingerprint density at radius 3 is 2.60 bits per heavy atom. The predicted octanol–water partition coefficient (Wildman–Crippen LogP) is 4.32. The normalized spacial score (nSPS) is 15.6. The fourth-order valence-corrected chi connectivity index (χ4v) is 4.36. The second-order valence-electron chi connectivity index (χ2n) is 7.42. The van der Waals surface area contributed by atoms with E-state index in [-0.39, 0.29) is 24.0 Å². The predicted molar refractivity (Wildman–Crippen MR) is 118 cm³/mol. The largest absolute Gasteiger partial charge is 0.491 e. The van der Waals surface area contributed by atoms with Gasteiger partial charge in [0.2, 0.25) is 5.91 Å². The lowest BCUT2D eigenvalue weighted by atomic mass is 9.86. The van der Waals surface area contributed by atoms with Gasteiger partial charge in [-0.25, -0.2) is 4.98 Å². The van der Waals surface area contributed by atoms with Crippen LogP contribution in [0.5, 0.6) is 5.75 Å². The zero-order chi connectivity index (χ0) is 21.1. The highest BCUT2D eigenvalue weighted by Gasteiger charge is 2.32. The molecular weight excluding hydrogens is 398 g/mol. The highest BCUT2D eigenvalue weighted by atomic mass is 32.2. The van der Waals surface area contributed by atoms with Crippen LogP contribution in [0.2, 0.25) is 0 Å². The lowest BCUT2D eigenvalue weighted by Gasteiger charge is -2.26. The first kappa shape index (κ1) is 20.2. The first-order chi connectivity index (χ1) is 14.5. The molecule has 1 amide bonds. The highest BCUT2D eigenvalue weighted by molar-refractivity contribution is 7.98. The average Bonchev–Trinajstić information content (AvgIpc) is 2.72. The maximum atomic E-state index is 13.0. The van der Waals surface area contributed by atoms with Crippen LogP contribution in [0.4, 0.5) is 5.82 Å². The molecule has 1 atom stereocenters. The number of hydrogen-bond acceptors (Lipinski definition) is 5. The Morgan fingerprint density at radius 1 is 1.10 bits per heavy atom. The van der Waals surface area contributed by atoms with Gasteiger partial charge in [0.15, 0.2) is 5.16 Å². The van der Waals surface area contributed by atoms with E-state index in [1.54, 1.807) is 0 Å². The van der Waals surface area contributed by atoms with Crippen LogP contribution < -0.4 is 15.6 Å². The van der Waals surface area contributed by atoms with Gasteiger partial charge in [-0.15, -0.1) is 0 Å². The Morgan fingerprint density at radius 2 is 1.83 bits per heavy atom. The summed E-state index contributed by atoms with van der Waals surface area (Å²) in [5.74, 6) is 1.11. The van der Waals surface area contributed by atoms with Crippen molar-refractivity contribution in [2.75, 3.05) is 5.32 Å². The standard InChI is InChI=1S/C23H23N3O3S/c1-14(2)29-18-11-7-6-10-16(18)17-12-19(27)24-21-20(17)22(28)26-23(25-21)30-13-15-8-4-3-5-9-15/h3-11,14,17H,12-13H2,1-2H3,(H2,24,25,26,27,28)/t17-/m1/s1. The number of anilines is 1. The number of carbonyl (C=O) groups is 1. The molecule has 0 aliphatic carbocycles. The lowest BCUT2D eigenvalue weighted by molar-refractivity contribution is -0.116. The summed E-state index contributed by atoms with van der Waals surface area (Å²) in [6.07, 6.45) is 0.156. The minimum absolute atomic E-state index is 0.0174. The Bertz CT molecular complexity index is 1110. The Balaban J connectivity index is 1.68. The summed E-state index contributed by atoms with van der Waals surface area (Å²) in [5.41, 5.74) is 2.18. The number of rotatable bonds is 6. The highest BCUT2D eigenvalue weighted by Crippen LogP contribution is 2.39. The van der Waals surface area contributed by atoms with Crippen molar-refractivity contribution in [2.24, 2.45) is 0 Å². The summed E-state index contributed by atoms with van der Waals surface area (Å²) in [5, 5.41) is 3.26. The van der Waals surface area contributed by atoms with E-state index in [1.165, 1.54) is 11.8 Å². The third kappa shape index (κ3) is 4.41. The molecule has 0 saturated carbocycles. The smallest absolute Gasteiger partial charge is 0.257 e. The van der Waals surface area contributed by atoms with Crippen LogP contribution in [0.15, 0.2) is 64.5 Å². The number of amides is 1. The molecule has 2 heterocycles. The maximum Gasteiger partial charge on any atom is 0.257 e. The van der Waals surface area contributed by atoms with Gasteiger partial charge < -0.3 is 15.0 Å². The van der Waals surface area contributed by atoms with Crippen molar-refractivity contribution in [1.29, 1.82) is 0 Å². The van der Waals surface area contributed by atoms with E-state index in [0.29, 0.717) is 28.0 Å². The molecule has 1 aliphatic heterocycles. The second-order valence-corrected chi connectivity index (χ2v) is 8.38. The van der Waals surface area contributed by atoms with Crippen LogP contribution in [0.3, 0.4) is 0 Å². The van der Waals surface area contributed by atoms with Crippen molar-refractivity contribution in [3.8, 4) is 5.75 Å². The molecule has 3 aromatic rings. The van der Waals surface area contributed by atoms with Gasteiger partial charge in [0.25, 0.3) is 5.56 Å². The maximum absolute atomic E-state index is 13.0. The minimum atomic E-state index is -0.409. The molecule has 0 spiro atoms. The first-order valence-corrected chi connectivity index (χ1v) is 10.9. The van der Waals surface area contributed by atoms with E-state index in [1.807, 2.05) is 68.4 Å². The molecule has 0 saturated heterocycles. The Kier molecular flexibility index (Phi) is 5.90. The summed E-state index contributed by atoms with van der Waals surface area (Å²) >= 11 is 1.43. The van der Waals surface area contributed by atoms with Gasteiger partial charge in [0, 0.05) is 23.7 Å². The fraction of sp³-hybridized carbons (Fsp3) is 0.261. The molecule has 6 nitrogen and oxygen atoms in total. The van der Waals surface area contributed by atoms with E-state index in [4.69, 9.17) is 4.74 Å². The van der Waals surface area contributed by atoms with Crippen molar-refractivity contribution in [3.05, 3.63) is 81.6 Å². The van der Waals surface area contributed by atoms with Gasteiger partial charge in [-0.1, -0.05) is 60.3 Å². The monoisotopic (exact) mass is 421 g/mol. The van der Waals surface area contributed by atoms with Crippen LogP contribution in [0.25, 0.3) is 0 Å². The molecule has 30 heavy (non-hydrogen) atoms. The van der Waals surface area contributed by atoms with Crippen molar-refractivity contribution >= 4 is 23.5 Å². The average molecular weight is 422 g/mol. The zero-order valence-electron chi connectivity index (χ0n) is 16.8. The SMILES string of the molecule is CC(C)Oc1ccccc1[C@H]1CC(=O)Nc2nc(SCc3ccccc3)[nH]c(=O)c21. The molecule has 1 aromatic heterocycles. The van der Waals surface area contributed by atoms with Crippen molar-refractivity contribution < 1.29 is 9.53 Å². The number of benzene rings is 2. The molecule has 2 N–H and O–H groups in total. The van der Waals surface area contributed by atoms with Gasteiger partial charge in [-0.2, -0.15) is 0 Å². The number of thioether (sulfide) groups is 1. The van der Waals surface area contributed by atoms with E-state index in [2.05, 4.69) is 15.3 Å². The number of hydrogen-bond donors (Lipinski definition) is 2. The minimum Gasteiger partial charge on any atom is -0.491 e. The summed E-state index contributed by atoms with van der Waals surface area (Å²) in [6, 6.07) is 17.5. The summed E-state index contributed by atoms with van der Waals surface area (Å²) in [6.45, 7) is 3.89. The van der Waals surface area contributed by atoms with E-state index in [0.717, 1.165) is 11.1 Å². The summed E-state index contributed by atoms with van der Waals surface area (Å²) in [7, 11) is 0. The van der Waals surface area contributed by atoms with Crippen LogP contribution in [-0.4, -0.2) is 22.0 Å². The molecule has 4 rings (SSSR count). The van der Waals surface area contributed by atoms with Crippen molar-refractivity contribution in [2.45, 2.75) is 43.2 Å². The molecule has 0 bridgehead atoms. The van der Waals surface area contributed by atoms with Gasteiger partial charge in [0.1, 0.15) is 11.6 Å². The van der Waals surface area contributed by atoms with E-state index < -0.39 is 5.92 Å². The summed E-state index contributed by atoms with van der Waals surface area (Å²) in [4.78, 5) is 32.9. The van der Waals surface area contributed by atoms with Crippen LogP contribution in [-0.2, 0) is 10.5 Å². The van der Waals surface area contributed by atoms with Gasteiger partial charge in [-0.3, -0.25) is 9.59 Å². The zero-order valence-corrected chi connectivity index (χ0v) is 17.7. The molecule has 0 unspecified atom stereocenters. The quantitative estimate of drug-likeness (QED) is 0.457. The first-order valence-electron chi connectivity index (χ1n) is 9.87. The fourth-order valence-electron chi connectivity index (χ4n) is 3.54. The van der Waals surface area contributed by atoms with Crippen molar-refractivity contribution in [3.63, 3.8) is 0 Å². The van der Waals surface area contributed by atoms with Gasteiger partial charge >= 0.3 is 0 Å². The number of nitrogens with zero attached hydrogens (tertiary/aromatic N) is 1. The molecule has 0 radical (unpaired) electrons. The summed E-state index contributed by atoms with van der Waals surface area (Å²) < 4.78 is 5.93. The molecule has 2 aromatic carbocycles. The van der Waals surface area contributed by atoms with Crippen LogP contribution in [0, 0.1) is 0 Å². The number of H-pyrrole nitrogens is 1. The van der Waals surface area contributed by atoms with Gasteiger partial charge in [-0.05, 0) is 25.5 Å². The van der Waals surface area contributed by atoms with Crippen molar-refractivity contribution in [1.82, 2.24) is 9.97 Å². The number of nitrogens with one attached hydrogen (secondary N) is 2. The second kappa shape index (κ2) is 8.75. The number of ether oxygens (including phenoxy) is 1. The van der Waals surface area contributed by atoms with Crippen LogP contribution >= 0.6 is 11.8 Å². The third-order valence-corrected chi connectivity index (χ3v) is 5.75. The topological polar surface area (TPSA) is 84.1 Å². The number of aromatic amines is 1. The van der Waals surface area contributed by atoms with Gasteiger partial charge in [0.05, 0.1) is 11.7 Å². The molecular formula is C23H23N3O3S.